The number of hydrogen-bond donors (Lipinski definition) is 2. The van der Waals surface area contributed by atoms with Gasteiger partial charge in [-0.15, -0.1) is 26.3 Å². The second kappa shape index (κ2) is 21.4. The summed E-state index contributed by atoms with van der Waals surface area (Å²) in [6.45, 7) is 13.6. The lowest BCUT2D eigenvalue weighted by Gasteiger charge is -2.40. The molecule has 4 atom stereocenters. The molecule has 2 aromatic heterocycles. The maximum Gasteiger partial charge on any atom is 0.573 e. The minimum Gasteiger partial charge on any atom is -0.466 e. The average molecular weight is 1000 g/mol. The molecule has 8 rings (SSSR count). The molecule has 2 N–H and O–H groups in total. The maximum atomic E-state index is 12.5. The van der Waals surface area contributed by atoms with Crippen LogP contribution in [0, 0.1) is 22.7 Å². The number of hydrogen-bond acceptors (Lipinski definition) is 10. The summed E-state index contributed by atoms with van der Waals surface area (Å²) in [5.41, 5.74) is 6.50. The molecule has 6 aromatic rings. The Kier molecular flexibility index (Phi) is 15.7. The molecule has 0 bridgehead atoms. The van der Waals surface area contributed by atoms with Crippen LogP contribution in [0.5, 0.6) is 11.5 Å². The molecule has 4 aromatic carbocycles. The summed E-state index contributed by atoms with van der Waals surface area (Å²) < 4.78 is 96.9. The summed E-state index contributed by atoms with van der Waals surface area (Å²) in [5, 5.41) is 6.59. The Morgan fingerprint density at radius 1 is 0.583 bits per heavy atom. The highest BCUT2D eigenvalue weighted by Crippen LogP contribution is 2.48. The second-order valence-electron chi connectivity index (χ2n) is 20.3. The third kappa shape index (κ3) is 14.1. The highest BCUT2D eigenvalue weighted by Gasteiger charge is 2.37. The molecule has 72 heavy (non-hydrogen) atoms. The number of anilines is 4. The van der Waals surface area contributed by atoms with Crippen molar-refractivity contribution in [3.63, 3.8) is 0 Å². The van der Waals surface area contributed by atoms with Gasteiger partial charge in [-0.25, -0.2) is 19.6 Å². The van der Waals surface area contributed by atoms with E-state index in [1.807, 2.05) is 36.4 Å². The van der Waals surface area contributed by atoms with Gasteiger partial charge in [-0.1, -0.05) is 53.7 Å². The van der Waals surface area contributed by atoms with Gasteiger partial charge >= 0.3 is 24.7 Å². The monoisotopic (exact) mass is 1000 g/mol. The van der Waals surface area contributed by atoms with E-state index in [1.54, 1.807) is 12.2 Å². The fourth-order valence-electron chi connectivity index (χ4n) is 10.5. The number of imidazole rings is 2. The largest absolute Gasteiger partial charge is 0.573 e. The molecule has 2 saturated carbocycles. The number of aromatic nitrogens is 4. The van der Waals surface area contributed by atoms with Gasteiger partial charge in [0.05, 0.1) is 36.3 Å². The van der Waals surface area contributed by atoms with Gasteiger partial charge in [0, 0.05) is 35.6 Å². The highest BCUT2D eigenvalue weighted by atomic mass is 19.4. The number of halogens is 6. The number of carbonyl (C=O) groups excluding carboxylic acids is 2. The Morgan fingerprint density at radius 2 is 0.944 bits per heavy atom. The average Bonchev–Trinajstić information content (AvgIpc) is 3.83. The van der Waals surface area contributed by atoms with Crippen molar-refractivity contribution >= 4 is 69.4 Å². The van der Waals surface area contributed by atoms with Crippen LogP contribution in [0.15, 0.2) is 97.1 Å². The highest BCUT2D eigenvalue weighted by molar-refractivity contribution is 5.90. The number of fused-ring (bicyclic) bond motifs is 2. The first-order valence-electron chi connectivity index (χ1n) is 23.7. The number of rotatable bonds is 12. The van der Waals surface area contributed by atoms with Crippen LogP contribution in [-0.4, -0.2) is 58.0 Å². The van der Waals surface area contributed by atoms with E-state index in [1.165, 1.54) is 74.9 Å². The molecule has 0 amide bonds. The van der Waals surface area contributed by atoms with Crippen LogP contribution in [0.25, 0.3) is 34.2 Å². The van der Waals surface area contributed by atoms with Gasteiger partial charge in [0.15, 0.2) is 0 Å². The number of nitrogens with one attached hydrogen (secondary N) is 2. The number of methoxy groups -OCH3 is 2. The molecule has 2 fully saturated rings. The Balaban J connectivity index is 0.000000211. The lowest BCUT2D eigenvalue weighted by molar-refractivity contribution is -0.275. The van der Waals surface area contributed by atoms with Crippen LogP contribution in [0.2, 0.25) is 0 Å². The van der Waals surface area contributed by atoms with Gasteiger partial charge in [-0.2, -0.15) is 0 Å². The number of ether oxygens (including phenoxy) is 4. The summed E-state index contributed by atoms with van der Waals surface area (Å²) in [5.74, 6) is 0.823. The number of esters is 2. The summed E-state index contributed by atoms with van der Waals surface area (Å²) in [7, 11) is 2.65. The van der Waals surface area contributed by atoms with Gasteiger partial charge < -0.3 is 38.7 Å². The minimum atomic E-state index is -4.74. The summed E-state index contributed by atoms with van der Waals surface area (Å²) in [6, 6.07) is 23.2. The van der Waals surface area contributed by atoms with E-state index in [4.69, 9.17) is 9.97 Å². The maximum absolute atomic E-state index is 12.5. The lowest BCUT2D eigenvalue weighted by atomic mass is 9.70. The Morgan fingerprint density at radius 3 is 1.26 bits per heavy atom. The van der Waals surface area contributed by atoms with E-state index in [2.05, 4.69) is 80.3 Å². The van der Waals surface area contributed by atoms with Crippen LogP contribution in [0.1, 0.15) is 103 Å². The molecule has 0 unspecified atom stereocenters. The summed E-state index contributed by atoms with van der Waals surface area (Å²) >= 11 is 0. The van der Waals surface area contributed by atoms with E-state index in [9.17, 15) is 35.9 Å². The predicted molar refractivity (Wildman–Crippen MR) is 266 cm³/mol. The molecule has 2 aliphatic carbocycles. The first kappa shape index (κ1) is 52.8. The molecule has 18 heteroatoms. The van der Waals surface area contributed by atoms with Gasteiger partial charge in [0.1, 0.15) is 11.5 Å². The number of carbonyl (C=O) groups is 2. The van der Waals surface area contributed by atoms with Gasteiger partial charge in [0.25, 0.3) is 0 Å². The first-order chi connectivity index (χ1) is 33.8. The molecule has 0 aliphatic heterocycles. The van der Waals surface area contributed by atoms with E-state index in [-0.39, 0.29) is 34.4 Å². The fraction of sp³-hybridized carbons (Fsp3) is 0.407. The normalized spacial score (nSPS) is 20.0. The minimum absolute atomic E-state index is 0.163. The van der Waals surface area contributed by atoms with Crippen molar-refractivity contribution in [2.75, 3.05) is 24.9 Å². The number of alkyl halides is 6. The molecular weight excluding hydrogens is 943 g/mol. The number of nitrogens with zero attached hydrogens (tertiary/aromatic N) is 4. The summed E-state index contributed by atoms with van der Waals surface area (Å²) in [6.07, 6.45) is 2.77. The third-order valence-electron chi connectivity index (χ3n) is 12.8. The van der Waals surface area contributed by atoms with E-state index in [0.717, 1.165) is 71.7 Å². The smallest absolute Gasteiger partial charge is 0.466 e. The van der Waals surface area contributed by atoms with Crippen molar-refractivity contribution in [1.29, 1.82) is 0 Å². The van der Waals surface area contributed by atoms with Crippen molar-refractivity contribution < 1.29 is 54.9 Å². The molecule has 2 heterocycles. The molecular formula is C54H60F6N6O6. The third-order valence-corrected chi connectivity index (χ3v) is 12.8. The Bertz CT molecular complexity index is 2720. The molecule has 12 nitrogen and oxygen atoms in total. The van der Waals surface area contributed by atoms with Crippen molar-refractivity contribution in [3.05, 3.63) is 108 Å². The second-order valence-corrected chi connectivity index (χ2v) is 20.3. The van der Waals surface area contributed by atoms with Crippen molar-refractivity contribution in [2.24, 2.45) is 22.7 Å². The van der Waals surface area contributed by atoms with E-state index >= 15 is 0 Å². The van der Waals surface area contributed by atoms with Crippen molar-refractivity contribution in [3.8, 4) is 11.5 Å². The molecule has 0 saturated heterocycles. The van der Waals surface area contributed by atoms with Crippen molar-refractivity contribution in [1.82, 2.24) is 19.1 Å². The molecule has 384 valence electrons. The lowest BCUT2D eigenvalue weighted by Crippen LogP contribution is -2.29. The standard InChI is InChI=1S/2C27H30F3N3O3/c2*1-17-13-20(16-26(2,3)15-17)33-23-11-5-18(6-12-24(34)35-4)14-22(23)32-25(33)31-19-7-9-21(10-8-19)36-27(28,29)30/h2*5-12,14,17,20H,13,15-16H2,1-4H3,(H,31,32)/b2*12-6+/t2*17-,20+/m10/s1. The zero-order chi connectivity index (χ0) is 52.2. The van der Waals surface area contributed by atoms with Crippen molar-refractivity contribution in [2.45, 2.75) is 105 Å². The number of benzene rings is 4. The van der Waals surface area contributed by atoms with E-state index in [0.29, 0.717) is 35.1 Å². The quantitative estimate of drug-likeness (QED) is 0.0694. The van der Waals surface area contributed by atoms with Crippen LogP contribution in [-0.2, 0) is 19.1 Å². The molecule has 2 aliphatic rings. The summed E-state index contributed by atoms with van der Waals surface area (Å²) in [4.78, 5) is 32.7. The first-order valence-corrected chi connectivity index (χ1v) is 23.7. The van der Waals surface area contributed by atoms with Gasteiger partial charge in [-0.3, -0.25) is 0 Å². The molecule has 0 spiro atoms. The zero-order valence-electron chi connectivity index (χ0n) is 41.5. The van der Waals surface area contributed by atoms with Crippen LogP contribution < -0.4 is 20.1 Å². The van der Waals surface area contributed by atoms with Gasteiger partial charge in [0.2, 0.25) is 11.9 Å². The van der Waals surface area contributed by atoms with Crippen LogP contribution in [0.4, 0.5) is 49.6 Å². The Hall–Kier alpha value is -6.98. The topological polar surface area (TPSA) is 131 Å². The van der Waals surface area contributed by atoms with E-state index < -0.39 is 24.7 Å². The predicted octanol–water partition coefficient (Wildman–Crippen LogP) is 14.5. The SMILES string of the molecule is COC(=O)/C=C/c1ccc2c(c1)nc(Nc1ccc(OC(F)(F)F)cc1)n2[C@@H]1C[C@H](C)CC(C)(C)C1.COC(=O)/C=C/c1ccc2c(c1)nc(Nc1ccc(OC(F)(F)F)cc1)n2[C@H]1C[C@@H](C)CC(C)(C)C1. The Labute approximate surface area is 414 Å². The zero-order valence-corrected chi connectivity index (χ0v) is 41.5. The van der Waals surface area contributed by atoms with Gasteiger partial charge in [-0.05, 0) is 157 Å². The van der Waals surface area contributed by atoms with Crippen LogP contribution in [0.3, 0.4) is 0 Å². The fourth-order valence-corrected chi connectivity index (χ4v) is 10.5. The van der Waals surface area contributed by atoms with Crippen LogP contribution >= 0.6 is 0 Å². The molecule has 0 radical (unpaired) electrons.